The van der Waals surface area contributed by atoms with Crippen molar-refractivity contribution in [2.24, 2.45) is 0 Å². The van der Waals surface area contributed by atoms with Crippen molar-refractivity contribution in [2.75, 3.05) is 12.8 Å². The zero-order valence-electron chi connectivity index (χ0n) is 19.7. The summed E-state index contributed by atoms with van der Waals surface area (Å²) in [6, 6.07) is 20.9. The monoisotopic (exact) mass is 469 g/mol. The third-order valence-corrected chi connectivity index (χ3v) is 5.42. The Labute approximate surface area is 196 Å². The van der Waals surface area contributed by atoms with Crippen LogP contribution < -0.4 is 14.8 Å². The van der Waals surface area contributed by atoms with Crippen LogP contribution >= 0.6 is 0 Å². The number of rotatable bonds is 10. The molecule has 33 heavy (non-hydrogen) atoms. The summed E-state index contributed by atoms with van der Waals surface area (Å²) in [6.07, 6.45) is 0.338. The number of nitrogens with one attached hydrogen (secondary N) is 1. The van der Waals surface area contributed by atoms with Gasteiger partial charge in [0.25, 0.3) is 10.1 Å². The third-order valence-electron chi connectivity index (χ3n) is 4.84. The van der Waals surface area contributed by atoms with E-state index in [1.807, 2.05) is 76.2 Å². The van der Waals surface area contributed by atoms with Gasteiger partial charge in [0.05, 0.1) is 6.26 Å². The van der Waals surface area contributed by atoms with Gasteiger partial charge in [-0.15, -0.1) is 0 Å². The van der Waals surface area contributed by atoms with E-state index in [1.165, 1.54) is 0 Å². The van der Waals surface area contributed by atoms with Crippen molar-refractivity contribution in [2.45, 2.75) is 39.8 Å². The van der Waals surface area contributed by atoms with Gasteiger partial charge in [-0.1, -0.05) is 55.3 Å². The Balaban J connectivity index is 1.98. The van der Waals surface area contributed by atoms with E-state index in [-0.39, 0.29) is 6.04 Å². The molecule has 0 aliphatic carbocycles. The lowest BCUT2D eigenvalue weighted by molar-refractivity contribution is 0.207. The molecule has 3 aromatic rings. The Morgan fingerprint density at radius 3 is 1.79 bits per heavy atom. The van der Waals surface area contributed by atoms with E-state index in [0.717, 1.165) is 17.4 Å². The van der Waals surface area contributed by atoms with Crippen molar-refractivity contribution in [3.63, 3.8) is 0 Å². The Morgan fingerprint density at radius 1 is 0.788 bits per heavy atom. The molecule has 0 aromatic heterocycles. The molecule has 176 valence electrons. The number of hydrogen-bond acceptors (Lipinski definition) is 6. The minimum Gasteiger partial charge on any atom is -0.453 e. The van der Waals surface area contributed by atoms with Gasteiger partial charge in [-0.25, -0.2) is 0 Å². The van der Waals surface area contributed by atoms with Crippen LogP contribution in [0.25, 0.3) is 0 Å². The van der Waals surface area contributed by atoms with Crippen LogP contribution in [0.4, 0.5) is 0 Å². The summed E-state index contributed by atoms with van der Waals surface area (Å²) < 4.78 is 41.4. The lowest BCUT2D eigenvalue weighted by atomic mass is 10.1. The zero-order valence-corrected chi connectivity index (χ0v) is 20.5. The Hall–Kier alpha value is -2.87. The van der Waals surface area contributed by atoms with Gasteiger partial charge in [-0.05, 0) is 55.8 Å². The molecule has 1 atom stereocenters. The van der Waals surface area contributed by atoms with Crippen LogP contribution in [0.3, 0.4) is 0 Å². The van der Waals surface area contributed by atoms with E-state index >= 15 is 0 Å². The fourth-order valence-electron chi connectivity index (χ4n) is 3.12. The Morgan fingerprint density at radius 2 is 1.30 bits per heavy atom. The Kier molecular flexibility index (Phi) is 8.13. The van der Waals surface area contributed by atoms with Crippen LogP contribution in [-0.4, -0.2) is 27.3 Å². The molecule has 3 rings (SSSR count). The second-order valence-electron chi connectivity index (χ2n) is 8.39. The van der Waals surface area contributed by atoms with Crippen LogP contribution in [0.2, 0.25) is 0 Å². The number of benzene rings is 3. The highest BCUT2D eigenvalue weighted by molar-refractivity contribution is 7.86. The fraction of sp³-hybridized carbons (Fsp3) is 0.308. The normalized spacial score (nSPS) is 12.5. The first-order valence-electron chi connectivity index (χ1n) is 10.8. The van der Waals surface area contributed by atoms with Gasteiger partial charge < -0.3 is 14.8 Å². The van der Waals surface area contributed by atoms with Crippen LogP contribution in [0.5, 0.6) is 23.0 Å². The van der Waals surface area contributed by atoms with Gasteiger partial charge in [0, 0.05) is 12.6 Å². The SMILES string of the molecule is Cc1ccc(Oc2ccc(C(CNC(C)C)OS(C)(=O)=O)cc2Oc2ccc(C)cc2)cc1. The Bertz CT molecular complexity index is 1160. The summed E-state index contributed by atoms with van der Waals surface area (Å²) in [4.78, 5) is 0. The predicted molar refractivity (Wildman–Crippen MR) is 131 cm³/mol. The third kappa shape index (κ3) is 7.89. The highest BCUT2D eigenvalue weighted by Gasteiger charge is 2.21. The molecule has 0 amide bonds. The minimum atomic E-state index is -3.67. The minimum absolute atomic E-state index is 0.170. The van der Waals surface area contributed by atoms with Gasteiger partial charge in [-0.2, -0.15) is 8.42 Å². The molecular weight excluding hydrogens is 438 g/mol. The molecule has 0 spiro atoms. The molecule has 0 aliphatic heterocycles. The zero-order chi connectivity index (χ0) is 24.0. The molecule has 6 nitrogen and oxygen atoms in total. The predicted octanol–water partition coefficient (Wildman–Crippen LogP) is 5.90. The van der Waals surface area contributed by atoms with Crippen LogP contribution in [0.15, 0.2) is 66.7 Å². The van der Waals surface area contributed by atoms with E-state index in [1.54, 1.807) is 18.2 Å². The summed E-state index contributed by atoms with van der Waals surface area (Å²) in [5.41, 5.74) is 2.91. The summed E-state index contributed by atoms with van der Waals surface area (Å²) >= 11 is 0. The van der Waals surface area contributed by atoms with E-state index in [4.69, 9.17) is 13.7 Å². The van der Waals surface area contributed by atoms with Crippen molar-refractivity contribution >= 4 is 10.1 Å². The molecule has 0 fully saturated rings. The number of ether oxygens (including phenoxy) is 2. The van der Waals surface area contributed by atoms with E-state index in [0.29, 0.717) is 35.1 Å². The fourth-order valence-corrected chi connectivity index (χ4v) is 3.72. The molecular formula is C26H31NO5S. The van der Waals surface area contributed by atoms with Gasteiger partial charge in [0.15, 0.2) is 11.5 Å². The summed E-state index contributed by atoms with van der Waals surface area (Å²) in [5.74, 6) is 2.29. The first-order chi connectivity index (χ1) is 15.6. The first kappa shape index (κ1) is 24.8. The van der Waals surface area contributed by atoms with Gasteiger partial charge in [0.1, 0.15) is 17.6 Å². The summed E-state index contributed by atoms with van der Waals surface area (Å²) in [7, 11) is -3.67. The van der Waals surface area contributed by atoms with Crippen molar-refractivity contribution in [3.05, 3.63) is 83.4 Å². The second-order valence-corrected chi connectivity index (χ2v) is 9.99. The van der Waals surface area contributed by atoms with E-state index in [2.05, 4.69) is 5.32 Å². The molecule has 3 aromatic carbocycles. The maximum atomic E-state index is 11.9. The topological polar surface area (TPSA) is 73.9 Å². The van der Waals surface area contributed by atoms with Gasteiger partial charge in [0.2, 0.25) is 0 Å². The van der Waals surface area contributed by atoms with Crippen molar-refractivity contribution < 1.29 is 22.1 Å². The molecule has 1 N–H and O–H groups in total. The molecule has 0 saturated carbocycles. The lowest BCUT2D eigenvalue weighted by Crippen LogP contribution is -2.30. The second kappa shape index (κ2) is 10.8. The van der Waals surface area contributed by atoms with Crippen LogP contribution in [-0.2, 0) is 14.3 Å². The molecule has 0 aliphatic rings. The first-order valence-corrected chi connectivity index (χ1v) is 12.7. The summed E-state index contributed by atoms with van der Waals surface area (Å²) in [5, 5.41) is 3.24. The summed E-state index contributed by atoms with van der Waals surface area (Å²) in [6.45, 7) is 8.32. The lowest BCUT2D eigenvalue weighted by Gasteiger charge is -2.21. The van der Waals surface area contributed by atoms with Crippen molar-refractivity contribution in [1.29, 1.82) is 0 Å². The maximum absolute atomic E-state index is 11.9. The molecule has 0 heterocycles. The average molecular weight is 470 g/mol. The average Bonchev–Trinajstić information content (AvgIpc) is 2.74. The smallest absolute Gasteiger partial charge is 0.265 e. The molecule has 7 heteroatoms. The van der Waals surface area contributed by atoms with Gasteiger partial charge >= 0.3 is 0 Å². The maximum Gasteiger partial charge on any atom is 0.265 e. The number of aryl methyl sites for hydroxylation is 2. The standard InChI is InChI=1S/C26H31NO5S/c1-18(2)27-17-26(32-33(5,28)29)21-10-15-24(30-22-11-6-19(3)7-12-22)25(16-21)31-23-13-8-20(4)9-14-23/h6-16,18,26-27H,17H2,1-5H3. The largest absolute Gasteiger partial charge is 0.453 e. The van der Waals surface area contributed by atoms with Crippen LogP contribution in [0.1, 0.15) is 36.6 Å². The number of hydrogen-bond donors (Lipinski definition) is 1. The highest BCUT2D eigenvalue weighted by Crippen LogP contribution is 2.38. The molecule has 0 bridgehead atoms. The van der Waals surface area contributed by atoms with Crippen molar-refractivity contribution in [3.8, 4) is 23.0 Å². The van der Waals surface area contributed by atoms with E-state index in [9.17, 15) is 8.42 Å². The highest BCUT2D eigenvalue weighted by atomic mass is 32.2. The van der Waals surface area contributed by atoms with E-state index < -0.39 is 16.2 Å². The van der Waals surface area contributed by atoms with Crippen LogP contribution in [0, 0.1) is 13.8 Å². The van der Waals surface area contributed by atoms with Gasteiger partial charge in [-0.3, -0.25) is 4.18 Å². The van der Waals surface area contributed by atoms with Crippen molar-refractivity contribution in [1.82, 2.24) is 5.32 Å². The molecule has 1 unspecified atom stereocenters. The molecule has 0 radical (unpaired) electrons. The molecule has 0 saturated heterocycles. The quantitative estimate of drug-likeness (QED) is 0.373.